The van der Waals surface area contributed by atoms with Gasteiger partial charge in [0, 0.05) is 5.39 Å². The Bertz CT molecular complexity index is 1510. The van der Waals surface area contributed by atoms with Crippen molar-refractivity contribution in [3.63, 3.8) is 0 Å². The summed E-state index contributed by atoms with van der Waals surface area (Å²) in [6, 6.07) is 10.2. The molecule has 0 radical (unpaired) electrons. The van der Waals surface area contributed by atoms with Gasteiger partial charge in [0.25, 0.3) is 0 Å². The van der Waals surface area contributed by atoms with Crippen LogP contribution in [-0.2, 0) is 10.5 Å². The van der Waals surface area contributed by atoms with E-state index in [9.17, 15) is 4.79 Å². The van der Waals surface area contributed by atoms with Crippen molar-refractivity contribution in [3.8, 4) is 0 Å². The fraction of sp³-hybridized carbons (Fsp3) is 0.227. The Morgan fingerprint density at radius 1 is 1.22 bits per heavy atom. The maximum Gasteiger partial charge on any atom is 0.342 e. The number of hydrogen-bond acceptors (Lipinski definition) is 9. The van der Waals surface area contributed by atoms with E-state index in [1.807, 2.05) is 28.7 Å². The molecule has 0 atom stereocenters. The number of furan rings is 1. The number of esters is 1. The number of pyridine rings is 1. The Balaban J connectivity index is 1.50. The highest BCUT2D eigenvalue weighted by Gasteiger charge is 2.24. The lowest BCUT2D eigenvalue weighted by Gasteiger charge is -2.07. The zero-order valence-corrected chi connectivity index (χ0v) is 18.6. The van der Waals surface area contributed by atoms with Gasteiger partial charge < -0.3 is 14.9 Å². The van der Waals surface area contributed by atoms with Crippen molar-refractivity contribution in [2.75, 3.05) is 12.3 Å². The van der Waals surface area contributed by atoms with Crippen LogP contribution in [0.1, 0.15) is 34.4 Å². The zero-order chi connectivity index (χ0) is 22.4. The Labute approximate surface area is 187 Å². The van der Waals surface area contributed by atoms with Crippen LogP contribution in [0.5, 0.6) is 0 Å². The minimum absolute atomic E-state index is 0.178. The second-order valence-electron chi connectivity index (χ2n) is 7.27. The first-order valence-corrected chi connectivity index (χ1v) is 11.1. The van der Waals surface area contributed by atoms with Crippen molar-refractivity contribution in [3.05, 3.63) is 53.0 Å². The summed E-state index contributed by atoms with van der Waals surface area (Å²) < 4.78 is 12.8. The van der Waals surface area contributed by atoms with Crippen LogP contribution in [0.2, 0.25) is 0 Å². The predicted molar refractivity (Wildman–Crippen MR) is 122 cm³/mol. The average Bonchev–Trinajstić information content (AvgIpc) is 3.33. The van der Waals surface area contributed by atoms with E-state index in [0.717, 1.165) is 27.3 Å². The number of benzene rings is 1. The number of hydrogen-bond donors (Lipinski definition) is 1. The lowest BCUT2D eigenvalue weighted by molar-refractivity contribution is 0.0526. The van der Waals surface area contributed by atoms with Gasteiger partial charge in [0.2, 0.25) is 5.71 Å². The van der Waals surface area contributed by atoms with Gasteiger partial charge in [0.15, 0.2) is 10.8 Å². The Morgan fingerprint density at radius 3 is 2.84 bits per heavy atom. The molecule has 0 saturated carbocycles. The molecule has 2 N–H and O–H groups in total. The van der Waals surface area contributed by atoms with Gasteiger partial charge in [0.1, 0.15) is 23.0 Å². The van der Waals surface area contributed by atoms with Crippen LogP contribution in [0.4, 0.5) is 5.82 Å². The molecule has 4 aromatic heterocycles. The van der Waals surface area contributed by atoms with Gasteiger partial charge in [-0.25, -0.2) is 9.78 Å². The molecule has 0 spiro atoms. The molecule has 0 amide bonds. The summed E-state index contributed by atoms with van der Waals surface area (Å²) >= 11 is 1.45. The monoisotopic (exact) mass is 448 g/mol. The minimum atomic E-state index is -0.502. The normalized spacial score (nSPS) is 11.6. The third kappa shape index (κ3) is 3.23. The summed E-state index contributed by atoms with van der Waals surface area (Å²) in [7, 11) is 0. The first kappa shape index (κ1) is 20.3. The Morgan fingerprint density at radius 2 is 2.03 bits per heavy atom. The van der Waals surface area contributed by atoms with Crippen LogP contribution >= 0.6 is 11.8 Å². The van der Waals surface area contributed by atoms with Crippen molar-refractivity contribution in [1.82, 2.24) is 24.6 Å². The smallest absolute Gasteiger partial charge is 0.342 e. The Hall–Kier alpha value is -3.66. The second-order valence-corrected chi connectivity index (χ2v) is 8.21. The fourth-order valence-corrected chi connectivity index (χ4v) is 4.60. The number of thioether (sulfide) groups is 1. The number of para-hydroxylation sites is 1. The SMILES string of the molecule is CCOC(=O)c1c(C)oc2nc(CSc3nnc4cc(C)c5ccccc5n34)nc(N)c12. The van der Waals surface area contributed by atoms with Gasteiger partial charge >= 0.3 is 5.97 Å². The summed E-state index contributed by atoms with van der Waals surface area (Å²) in [6.07, 6.45) is 0. The molecule has 162 valence electrons. The molecular weight excluding hydrogens is 428 g/mol. The van der Waals surface area contributed by atoms with Crippen LogP contribution in [-0.4, -0.2) is 37.1 Å². The number of nitrogen functional groups attached to an aromatic ring is 1. The predicted octanol–water partition coefficient (Wildman–Crippen LogP) is 4.09. The summed E-state index contributed by atoms with van der Waals surface area (Å²) in [5.41, 5.74) is 9.66. The number of carbonyl (C=O) groups is 1. The van der Waals surface area contributed by atoms with Crippen LogP contribution in [0.3, 0.4) is 0 Å². The molecule has 10 heteroatoms. The zero-order valence-electron chi connectivity index (χ0n) is 17.7. The van der Waals surface area contributed by atoms with Crippen molar-refractivity contribution < 1.29 is 13.9 Å². The molecule has 4 heterocycles. The number of rotatable bonds is 5. The lowest BCUT2D eigenvalue weighted by Crippen LogP contribution is -2.07. The molecule has 0 aliphatic carbocycles. The summed E-state index contributed by atoms with van der Waals surface area (Å²) in [5.74, 6) is 0.945. The molecule has 0 saturated heterocycles. The van der Waals surface area contributed by atoms with Crippen LogP contribution in [0, 0.1) is 13.8 Å². The first-order chi connectivity index (χ1) is 15.5. The Kier molecular flexibility index (Phi) is 4.93. The largest absolute Gasteiger partial charge is 0.462 e. The van der Waals surface area contributed by atoms with E-state index in [2.05, 4.69) is 33.2 Å². The van der Waals surface area contributed by atoms with Gasteiger partial charge in [-0.3, -0.25) is 4.40 Å². The molecule has 9 nitrogen and oxygen atoms in total. The molecule has 0 aliphatic rings. The number of fused-ring (bicyclic) bond motifs is 4. The van der Waals surface area contributed by atoms with E-state index in [1.54, 1.807) is 13.8 Å². The van der Waals surface area contributed by atoms with Gasteiger partial charge in [-0.15, -0.1) is 10.2 Å². The minimum Gasteiger partial charge on any atom is -0.462 e. The van der Waals surface area contributed by atoms with E-state index in [1.165, 1.54) is 11.8 Å². The molecule has 0 fully saturated rings. The molecule has 5 aromatic rings. The molecular formula is C22H20N6O3S. The standard InChI is InChI=1S/C22H20N6O3S/c1-4-30-21(29)17-12(3)31-20-18(17)19(23)24-15(25-20)10-32-22-27-26-16-9-11(2)13-7-5-6-8-14(13)28(16)22/h5-9H,4,10H2,1-3H3,(H2,23,24,25). The number of nitrogens with two attached hydrogens (primary N) is 1. The van der Waals surface area contributed by atoms with E-state index in [4.69, 9.17) is 14.9 Å². The third-order valence-electron chi connectivity index (χ3n) is 5.19. The lowest BCUT2D eigenvalue weighted by atomic mass is 10.1. The molecule has 32 heavy (non-hydrogen) atoms. The highest BCUT2D eigenvalue weighted by molar-refractivity contribution is 7.98. The maximum absolute atomic E-state index is 12.3. The number of carbonyl (C=O) groups excluding carboxylic acids is 1. The van der Waals surface area contributed by atoms with Crippen LogP contribution in [0.25, 0.3) is 27.6 Å². The van der Waals surface area contributed by atoms with E-state index in [-0.39, 0.29) is 23.7 Å². The number of ether oxygens (including phenoxy) is 1. The van der Waals surface area contributed by atoms with Crippen molar-refractivity contribution in [1.29, 1.82) is 0 Å². The molecule has 5 rings (SSSR count). The van der Waals surface area contributed by atoms with Crippen LogP contribution < -0.4 is 5.73 Å². The molecule has 0 unspecified atom stereocenters. The topological polar surface area (TPSA) is 121 Å². The second kappa shape index (κ2) is 7.79. The van der Waals surface area contributed by atoms with Crippen molar-refractivity contribution in [2.45, 2.75) is 31.7 Å². The summed E-state index contributed by atoms with van der Waals surface area (Å²) in [5, 5.41) is 10.9. The third-order valence-corrected chi connectivity index (χ3v) is 6.11. The number of anilines is 1. The number of aromatic nitrogens is 5. The van der Waals surface area contributed by atoms with Crippen LogP contribution in [0.15, 0.2) is 39.9 Å². The highest BCUT2D eigenvalue weighted by atomic mass is 32.2. The van der Waals surface area contributed by atoms with Gasteiger partial charge in [0.05, 0.1) is 23.3 Å². The number of nitrogens with zero attached hydrogens (tertiary/aromatic N) is 5. The van der Waals surface area contributed by atoms with Gasteiger partial charge in [-0.1, -0.05) is 30.0 Å². The first-order valence-electron chi connectivity index (χ1n) is 10.1. The van der Waals surface area contributed by atoms with Gasteiger partial charge in [-0.2, -0.15) is 4.98 Å². The quantitative estimate of drug-likeness (QED) is 0.313. The molecule has 0 aliphatic heterocycles. The number of aryl methyl sites for hydroxylation is 2. The van der Waals surface area contributed by atoms with E-state index < -0.39 is 5.97 Å². The maximum atomic E-state index is 12.3. The summed E-state index contributed by atoms with van der Waals surface area (Å²) in [6.45, 7) is 5.73. The molecule has 1 aromatic carbocycles. The molecule has 0 bridgehead atoms. The average molecular weight is 449 g/mol. The van der Waals surface area contributed by atoms with Crippen molar-refractivity contribution >= 4 is 51.2 Å². The highest BCUT2D eigenvalue weighted by Crippen LogP contribution is 2.31. The fourth-order valence-electron chi connectivity index (χ4n) is 3.79. The van der Waals surface area contributed by atoms with Crippen molar-refractivity contribution in [2.24, 2.45) is 0 Å². The summed E-state index contributed by atoms with van der Waals surface area (Å²) in [4.78, 5) is 21.2. The van der Waals surface area contributed by atoms with E-state index >= 15 is 0 Å². The van der Waals surface area contributed by atoms with E-state index in [0.29, 0.717) is 22.7 Å². The van der Waals surface area contributed by atoms with Gasteiger partial charge in [-0.05, 0) is 38.5 Å².